The van der Waals surface area contributed by atoms with Crippen LogP contribution in [0.4, 0.5) is 0 Å². The number of hydrogen-bond donors (Lipinski definition) is 0. The number of hydrogen-bond acceptors (Lipinski definition) is 4. The first kappa shape index (κ1) is 18.3. The molecule has 2 amide bonds. The molecular formula is C20H19ClN4O3. The monoisotopic (exact) mass is 398 g/mol. The first-order valence-corrected chi connectivity index (χ1v) is 9.32. The SMILES string of the molecule is Cn1cc(C(=O)N2CCN(C(=O)c3cccc(Cl)c3)CC2)c(-c2ccco2)n1. The van der Waals surface area contributed by atoms with Gasteiger partial charge in [-0.2, -0.15) is 5.10 Å². The van der Waals surface area contributed by atoms with Gasteiger partial charge in [-0.1, -0.05) is 17.7 Å². The third kappa shape index (κ3) is 3.53. The van der Waals surface area contributed by atoms with E-state index < -0.39 is 0 Å². The van der Waals surface area contributed by atoms with Crippen LogP contribution in [0, 0.1) is 0 Å². The predicted molar refractivity (Wildman–Crippen MR) is 104 cm³/mol. The summed E-state index contributed by atoms with van der Waals surface area (Å²) < 4.78 is 7.01. The number of aromatic nitrogens is 2. The summed E-state index contributed by atoms with van der Waals surface area (Å²) >= 11 is 5.98. The van der Waals surface area contributed by atoms with Gasteiger partial charge in [-0.05, 0) is 30.3 Å². The van der Waals surface area contributed by atoms with Crippen molar-refractivity contribution in [2.24, 2.45) is 7.05 Å². The van der Waals surface area contributed by atoms with Crippen molar-refractivity contribution in [3.8, 4) is 11.5 Å². The number of nitrogens with zero attached hydrogens (tertiary/aromatic N) is 4. The van der Waals surface area contributed by atoms with Crippen LogP contribution in [-0.4, -0.2) is 57.6 Å². The fourth-order valence-electron chi connectivity index (χ4n) is 3.33. The van der Waals surface area contributed by atoms with Crippen LogP contribution in [-0.2, 0) is 7.05 Å². The zero-order chi connectivity index (χ0) is 19.7. The van der Waals surface area contributed by atoms with Gasteiger partial charge in [0.05, 0.1) is 11.8 Å². The van der Waals surface area contributed by atoms with Crippen LogP contribution in [0.1, 0.15) is 20.7 Å². The molecule has 28 heavy (non-hydrogen) atoms. The van der Waals surface area contributed by atoms with Crippen LogP contribution < -0.4 is 0 Å². The fraction of sp³-hybridized carbons (Fsp3) is 0.250. The van der Waals surface area contributed by atoms with Gasteiger partial charge in [0.1, 0.15) is 5.69 Å². The summed E-state index contributed by atoms with van der Waals surface area (Å²) in [5, 5.41) is 4.89. The molecule has 1 fully saturated rings. The zero-order valence-corrected chi connectivity index (χ0v) is 16.1. The molecule has 0 atom stereocenters. The summed E-state index contributed by atoms with van der Waals surface area (Å²) in [4.78, 5) is 29.2. The van der Waals surface area contributed by atoms with Crippen LogP contribution in [0.3, 0.4) is 0 Å². The molecule has 0 unspecified atom stereocenters. The number of furan rings is 1. The molecule has 0 spiro atoms. The molecule has 3 aromatic rings. The van der Waals surface area contributed by atoms with Crippen molar-refractivity contribution in [3.05, 3.63) is 65.0 Å². The molecule has 1 aliphatic rings. The van der Waals surface area contributed by atoms with Crippen molar-refractivity contribution >= 4 is 23.4 Å². The lowest BCUT2D eigenvalue weighted by molar-refractivity contribution is 0.0536. The molecule has 2 aromatic heterocycles. The van der Waals surface area contributed by atoms with E-state index >= 15 is 0 Å². The molecule has 0 aliphatic carbocycles. The van der Waals surface area contributed by atoms with Gasteiger partial charge < -0.3 is 14.2 Å². The number of piperazine rings is 1. The molecule has 4 rings (SSSR count). The Bertz CT molecular complexity index is 1000. The van der Waals surface area contributed by atoms with Gasteiger partial charge in [0.25, 0.3) is 11.8 Å². The number of benzene rings is 1. The maximum atomic E-state index is 13.0. The standard InChI is InChI=1S/C20H19ClN4O3/c1-23-13-16(18(22-23)17-6-3-11-28-17)20(27)25-9-7-24(8-10-25)19(26)14-4-2-5-15(21)12-14/h2-6,11-13H,7-10H2,1H3. The number of carbonyl (C=O) groups is 2. The Morgan fingerprint density at radius 1 is 1.04 bits per heavy atom. The second-order valence-corrected chi connectivity index (χ2v) is 7.07. The van der Waals surface area contributed by atoms with Gasteiger partial charge in [0, 0.05) is 50.0 Å². The normalized spacial score (nSPS) is 14.4. The third-order valence-electron chi connectivity index (χ3n) is 4.74. The first-order chi connectivity index (χ1) is 13.5. The van der Waals surface area contributed by atoms with Gasteiger partial charge >= 0.3 is 0 Å². The van der Waals surface area contributed by atoms with Gasteiger partial charge in [-0.25, -0.2) is 0 Å². The van der Waals surface area contributed by atoms with Crippen molar-refractivity contribution in [1.29, 1.82) is 0 Å². The molecule has 1 saturated heterocycles. The molecule has 7 nitrogen and oxygen atoms in total. The Hall–Kier alpha value is -3.06. The second-order valence-electron chi connectivity index (χ2n) is 6.64. The predicted octanol–water partition coefficient (Wildman–Crippen LogP) is 2.93. The van der Waals surface area contributed by atoms with Gasteiger partial charge in [-0.3, -0.25) is 14.3 Å². The fourth-order valence-corrected chi connectivity index (χ4v) is 3.52. The van der Waals surface area contributed by atoms with E-state index in [1.165, 1.54) is 0 Å². The van der Waals surface area contributed by atoms with E-state index in [2.05, 4.69) is 5.10 Å². The van der Waals surface area contributed by atoms with E-state index in [0.717, 1.165) is 0 Å². The van der Waals surface area contributed by atoms with E-state index in [4.69, 9.17) is 16.0 Å². The summed E-state index contributed by atoms with van der Waals surface area (Å²) in [7, 11) is 1.77. The molecule has 0 N–H and O–H groups in total. The molecular weight excluding hydrogens is 380 g/mol. The maximum absolute atomic E-state index is 13.0. The molecule has 0 bridgehead atoms. The minimum Gasteiger partial charge on any atom is -0.463 e. The lowest BCUT2D eigenvalue weighted by Gasteiger charge is -2.34. The first-order valence-electron chi connectivity index (χ1n) is 8.94. The van der Waals surface area contributed by atoms with Crippen molar-refractivity contribution in [2.45, 2.75) is 0 Å². The average Bonchev–Trinajstić information content (AvgIpc) is 3.36. The lowest BCUT2D eigenvalue weighted by atomic mass is 10.1. The van der Waals surface area contributed by atoms with E-state index in [9.17, 15) is 9.59 Å². The van der Waals surface area contributed by atoms with Crippen LogP contribution in [0.5, 0.6) is 0 Å². The van der Waals surface area contributed by atoms with E-state index in [0.29, 0.717) is 53.8 Å². The Morgan fingerprint density at radius 2 is 1.75 bits per heavy atom. The summed E-state index contributed by atoms with van der Waals surface area (Å²) in [5.41, 5.74) is 1.57. The molecule has 3 heterocycles. The average molecular weight is 399 g/mol. The maximum Gasteiger partial charge on any atom is 0.257 e. The minimum atomic E-state index is -0.116. The van der Waals surface area contributed by atoms with E-state index in [1.54, 1.807) is 70.4 Å². The zero-order valence-electron chi connectivity index (χ0n) is 15.3. The largest absolute Gasteiger partial charge is 0.463 e. The summed E-state index contributed by atoms with van der Waals surface area (Å²) in [5.74, 6) is 0.361. The minimum absolute atomic E-state index is 0.0766. The van der Waals surface area contributed by atoms with Gasteiger partial charge in [0.2, 0.25) is 0 Å². The van der Waals surface area contributed by atoms with Crippen molar-refractivity contribution in [1.82, 2.24) is 19.6 Å². The highest BCUT2D eigenvalue weighted by molar-refractivity contribution is 6.30. The van der Waals surface area contributed by atoms with Crippen LogP contribution in [0.2, 0.25) is 5.02 Å². The quantitative estimate of drug-likeness (QED) is 0.680. The summed E-state index contributed by atoms with van der Waals surface area (Å²) in [6, 6.07) is 10.4. The van der Waals surface area contributed by atoms with Crippen molar-refractivity contribution in [3.63, 3.8) is 0 Å². The number of halogens is 1. The van der Waals surface area contributed by atoms with Crippen molar-refractivity contribution < 1.29 is 14.0 Å². The third-order valence-corrected chi connectivity index (χ3v) is 4.97. The molecule has 1 aliphatic heterocycles. The Labute approximate surface area is 167 Å². The second kappa shape index (κ2) is 7.52. The summed E-state index contributed by atoms with van der Waals surface area (Å²) in [6.07, 6.45) is 3.25. The highest BCUT2D eigenvalue weighted by atomic mass is 35.5. The Kier molecular flexibility index (Phi) is 4.92. The Morgan fingerprint density at radius 3 is 2.39 bits per heavy atom. The topological polar surface area (TPSA) is 71.6 Å². The highest BCUT2D eigenvalue weighted by Gasteiger charge is 2.28. The molecule has 144 valence electrons. The number of rotatable bonds is 3. The van der Waals surface area contributed by atoms with Crippen molar-refractivity contribution in [2.75, 3.05) is 26.2 Å². The number of carbonyl (C=O) groups excluding carboxylic acids is 2. The smallest absolute Gasteiger partial charge is 0.257 e. The van der Waals surface area contributed by atoms with Crippen LogP contribution >= 0.6 is 11.6 Å². The lowest BCUT2D eigenvalue weighted by Crippen LogP contribution is -2.50. The number of amides is 2. The van der Waals surface area contributed by atoms with Gasteiger partial charge in [0.15, 0.2) is 5.76 Å². The highest BCUT2D eigenvalue weighted by Crippen LogP contribution is 2.24. The molecule has 8 heteroatoms. The Balaban J connectivity index is 1.46. The van der Waals surface area contributed by atoms with Gasteiger partial charge in [-0.15, -0.1) is 0 Å². The number of aryl methyl sites for hydroxylation is 1. The molecule has 1 aromatic carbocycles. The van der Waals surface area contributed by atoms with E-state index in [1.807, 2.05) is 0 Å². The molecule has 0 radical (unpaired) electrons. The summed E-state index contributed by atoms with van der Waals surface area (Å²) in [6.45, 7) is 1.84. The molecule has 0 saturated carbocycles. The van der Waals surface area contributed by atoms with Crippen LogP contribution in [0.25, 0.3) is 11.5 Å². The van der Waals surface area contributed by atoms with Crippen LogP contribution in [0.15, 0.2) is 53.3 Å². The van der Waals surface area contributed by atoms with E-state index in [-0.39, 0.29) is 11.8 Å².